The molecule has 0 unspecified atom stereocenters. The van der Waals surface area contributed by atoms with Crippen molar-refractivity contribution in [2.75, 3.05) is 0 Å². The third-order valence-corrected chi connectivity index (χ3v) is 3.42. The molecule has 0 bridgehead atoms. The van der Waals surface area contributed by atoms with Gasteiger partial charge in [-0.25, -0.2) is 0 Å². The highest BCUT2D eigenvalue weighted by Gasteiger charge is 2.39. The lowest BCUT2D eigenvalue weighted by Crippen LogP contribution is -2.44. The van der Waals surface area contributed by atoms with Crippen LogP contribution in [0, 0.1) is 0 Å². The predicted octanol–water partition coefficient (Wildman–Crippen LogP) is 2.91. The predicted molar refractivity (Wildman–Crippen MR) is 69.5 cm³/mol. The van der Waals surface area contributed by atoms with E-state index < -0.39 is 17.4 Å². The van der Waals surface area contributed by atoms with Crippen molar-refractivity contribution in [2.45, 2.75) is 31.0 Å². The second kappa shape index (κ2) is 5.27. The minimum absolute atomic E-state index is 0. The Hall–Kier alpha value is -1.67. The van der Waals surface area contributed by atoms with Crippen molar-refractivity contribution in [2.24, 2.45) is 5.73 Å². The molecule has 0 aliphatic heterocycles. The van der Waals surface area contributed by atoms with Gasteiger partial charge in [0.2, 0.25) is 0 Å². The molecule has 2 aromatic rings. The van der Waals surface area contributed by atoms with Crippen LogP contribution in [-0.4, -0.2) is 15.1 Å². The third kappa shape index (κ3) is 2.86. The number of halogens is 4. The van der Waals surface area contributed by atoms with E-state index in [4.69, 9.17) is 10.3 Å². The van der Waals surface area contributed by atoms with Crippen LogP contribution in [0.15, 0.2) is 22.9 Å². The molecule has 2 N–H and O–H groups in total. The lowest BCUT2D eigenvalue weighted by Gasteiger charge is -2.34. The van der Waals surface area contributed by atoms with Crippen LogP contribution in [0.4, 0.5) is 13.2 Å². The van der Waals surface area contributed by atoms with Crippen LogP contribution in [-0.2, 0) is 11.7 Å². The van der Waals surface area contributed by atoms with Crippen molar-refractivity contribution in [3.05, 3.63) is 29.8 Å². The normalized spacial score (nSPS) is 17.0. The summed E-state index contributed by atoms with van der Waals surface area (Å²) >= 11 is 0. The molecular weight excluding hydrogens is 309 g/mol. The van der Waals surface area contributed by atoms with E-state index in [1.54, 1.807) is 0 Å². The summed E-state index contributed by atoms with van der Waals surface area (Å²) in [6.45, 7) is 0. The Morgan fingerprint density at radius 3 is 2.43 bits per heavy atom. The summed E-state index contributed by atoms with van der Waals surface area (Å²) in [6.07, 6.45) is -0.855. The summed E-state index contributed by atoms with van der Waals surface area (Å²) in [7, 11) is 0. The van der Waals surface area contributed by atoms with Crippen LogP contribution < -0.4 is 5.73 Å². The fourth-order valence-corrected chi connectivity index (χ4v) is 2.01. The number of hydrogen-bond donors (Lipinski definition) is 1. The molecule has 2 heterocycles. The summed E-state index contributed by atoms with van der Waals surface area (Å²) in [6, 6.07) is 2.12. The van der Waals surface area contributed by atoms with Gasteiger partial charge < -0.3 is 10.3 Å². The summed E-state index contributed by atoms with van der Waals surface area (Å²) in [5.74, 6) is 0.511. The van der Waals surface area contributed by atoms with Gasteiger partial charge in [-0.15, -0.1) is 12.4 Å². The van der Waals surface area contributed by atoms with Gasteiger partial charge in [0.05, 0.1) is 11.1 Å². The second-order valence-electron chi connectivity index (χ2n) is 4.86. The minimum Gasteiger partial charge on any atom is -0.334 e. The topological polar surface area (TPSA) is 77.8 Å². The zero-order valence-corrected chi connectivity index (χ0v) is 11.5. The van der Waals surface area contributed by atoms with E-state index in [-0.39, 0.29) is 18.3 Å². The van der Waals surface area contributed by atoms with Crippen molar-refractivity contribution in [1.29, 1.82) is 0 Å². The van der Waals surface area contributed by atoms with Gasteiger partial charge in [0.15, 0.2) is 5.82 Å². The Kier molecular flexibility index (Phi) is 3.94. The van der Waals surface area contributed by atoms with Gasteiger partial charge in [0.1, 0.15) is 5.69 Å². The van der Waals surface area contributed by atoms with Crippen molar-refractivity contribution in [1.82, 2.24) is 15.1 Å². The molecule has 21 heavy (non-hydrogen) atoms. The molecule has 1 fully saturated rings. The first-order valence-corrected chi connectivity index (χ1v) is 6.05. The quantitative estimate of drug-likeness (QED) is 0.920. The molecular formula is C12H12ClF3N4O. The molecule has 9 heteroatoms. The minimum atomic E-state index is -4.47. The Bertz CT molecular complexity index is 622. The monoisotopic (exact) mass is 320 g/mol. The first kappa shape index (κ1) is 15.7. The Balaban J connectivity index is 0.00000161. The molecule has 0 radical (unpaired) electrons. The summed E-state index contributed by atoms with van der Waals surface area (Å²) in [5.41, 5.74) is 4.85. The van der Waals surface area contributed by atoms with Crippen LogP contribution in [0.2, 0.25) is 0 Å². The molecule has 3 rings (SSSR count). The van der Waals surface area contributed by atoms with Gasteiger partial charge in [-0.05, 0) is 31.4 Å². The number of rotatable bonds is 2. The van der Waals surface area contributed by atoms with E-state index in [0.717, 1.165) is 31.5 Å². The highest BCUT2D eigenvalue weighted by Crippen LogP contribution is 2.37. The molecule has 1 aliphatic carbocycles. The largest absolute Gasteiger partial charge is 0.433 e. The fourth-order valence-electron chi connectivity index (χ4n) is 2.01. The Labute approximate surface area is 124 Å². The van der Waals surface area contributed by atoms with Crippen LogP contribution in [0.25, 0.3) is 11.5 Å². The third-order valence-electron chi connectivity index (χ3n) is 3.42. The zero-order valence-electron chi connectivity index (χ0n) is 10.7. The molecule has 0 spiro atoms. The lowest BCUT2D eigenvalue weighted by molar-refractivity contribution is -0.141. The summed E-state index contributed by atoms with van der Waals surface area (Å²) in [4.78, 5) is 7.49. The van der Waals surface area contributed by atoms with E-state index in [1.807, 2.05) is 0 Å². The van der Waals surface area contributed by atoms with Gasteiger partial charge in [0.25, 0.3) is 5.89 Å². The van der Waals surface area contributed by atoms with Crippen LogP contribution in [0.1, 0.15) is 30.8 Å². The zero-order chi connectivity index (χ0) is 14.4. The van der Waals surface area contributed by atoms with Crippen molar-refractivity contribution in [3.8, 4) is 11.5 Å². The molecule has 5 nitrogen and oxygen atoms in total. The van der Waals surface area contributed by atoms with Gasteiger partial charge >= 0.3 is 6.18 Å². The lowest BCUT2D eigenvalue weighted by atomic mass is 9.77. The van der Waals surface area contributed by atoms with E-state index in [2.05, 4.69) is 15.1 Å². The summed E-state index contributed by atoms with van der Waals surface area (Å²) in [5, 5.41) is 3.80. The van der Waals surface area contributed by atoms with E-state index >= 15 is 0 Å². The second-order valence-corrected chi connectivity index (χ2v) is 4.86. The van der Waals surface area contributed by atoms with Crippen LogP contribution in [0.3, 0.4) is 0 Å². The van der Waals surface area contributed by atoms with Gasteiger partial charge in [-0.1, -0.05) is 5.16 Å². The molecule has 0 amide bonds. The fraction of sp³-hybridized carbons (Fsp3) is 0.417. The first-order chi connectivity index (χ1) is 9.38. The number of nitrogens with zero attached hydrogens (tertiary/aromatic N) is 3. The molecule has 0 saturated heterocycles. The van der Waals surface area contributed by atoms with Crippen LogP contribution in [0.5, 0.6) is 0 Å². The molecule has 0 atom stereocenters. The molecule has 1 aliphatic rings. The average Bonchev–Trinajstić information content (AvgIpc) is 2.85. The number of aromatic nitrogens is 3. The smallest absolute Gasteiger partial charge is 0.334 e. The maximum atomic E-state index is 12.4. The van der Waals surface area contributed by atoms with E-state index in [1.165, 1.54) is 6.07 Å². The number of hydrogen-bond acceptors (Lipinski definition) is 5. The molecule has 1 saturated carbocycles. The maximum Gasteiger partial charge on any atom is 0.433 e. The maximum absolute atomic E-state index is 12.4. The standard InChI is InChI=1S/C12H11F3N4O.ClH/c13-12(14,15)8-3-2-7(6-17-8)9-18-10(19-20-9)11(16)4-1-5-11;/h2-3,6H,1,4-5,16H2;1H. The van der Waals surface area contributed by atoms with Crippen LogP contribution >= 0.6 is 12.4 Å². The van der Waals surface area contributed by atoms with Gasteiger partial charge in [-0.3, -0.25) is 4.98 Å². The number of alkyl halides is 3. The average molecular weight is 321 g/mol. The van der Waals surface area contributed by atoms with Crippen molar-refractivity contribution in [3.63, 3.8) is 0 Å². The number of pyridine rings is 1. The summed E-state index contributed by atoms with van der Waals surface area (Å²) < 4.78 is 42.3. The Morgan fingerprint density at radius 1 is 1.24 bits per heavy atom. The highest BCUT2D eigenvalue weighted by atomic mass is 35.5. The van der Waals surface area contributed by atoms with E-state index in [9.17, 15) is 13.2 Å². The molecule has 114 valence electrons. The highest BCUT2D eigenvalue weighted by molar-refractivity contribution is 5.85. The van der Waals surface area contributed by atoms with Gasteiger partial charge in [0, 0.05) is 6.20 Å². The number of nitrogens with two attached hydrogens (primary N) is 1. The SMILES string of the molecule is Cl.NC1(c2noc(-c3ccc(C(F)(F)F)nc3)n2)CCC1. The van der Waals surface area contributed by atoms with Gasteiger partial charge in [-0.2, -0.15) is 18.2 Å². The Morgan fingerprint density at radius 2 is 1.95 bits per heavy atom. The van der Waals surface area contributed by atoms with Crippen molar-refractivity contribution < 1.29 is 17.7 Å². The molecule has 0 aromatic carbocycles. The first-order valence-electron chi connectivity index (χ1n) is 6.05. The van der Waals surface area contributed by atoms with E-state index in [0.29, 0.717) is 11.4 Å². The molecule has 2 aromatic heterocycles. The van der Waals surface area contributed by atoms with Crippen molar-refractivity contribution >= 4 is 12.4 Å².